The van der Waals surface area contributed by atoms with E-state index in [-0.39, 0.29) is 35.5 Å². The maximum absolute atomic E-state index is 12.0. The van der Waals surface area contributed by atoms with E-state index in [4.69, 9.17) is 37.1 Å². The van der Waals surface area contributed by atoms with Crippen LogP contribution in [0.5, 0.6) is 11.5 Å². The van der Waals surface area contributed by atoms with Crippen LogP contribution in [0, 0.1) is 0 Å². The highest BCUT2D eigenvalue weighted by atomic mass is 35.5. The molecule has 2 aromatic carbocycles. The van der Waals surface area contributed by atoms with Crippen molar-refractivity contribution in [2.75, 3.05) is 5.75 Å². The standard InChI is InChI=1S/C21H20Cl2N4O4S/c1-13(2)30-16-6-3-14(4-7-16)10-24-25-19(28)12-32-21-27-26-20(31-21)11-29-18-8-5-15(22)9-17(18)23/h3-10,13H,11-12H2,1-2H3,(H,25,28)/b24-10-. The van der Waals surface area contributed by atoms with Crippen LogP contribution in [0.15, 0.2) is 57.2 Å². The van der Waals surface area contributed by atoms with Gasteiger partial charge in [0.15, 0.2) is 6.61 Å². The number of carbonyl (C=O) groups is 1. The number of nitrogens with zero attached hydrogens (tertiary/aromatic N) is 3. The predicted molar refractivity (Wildman–Crippen MR) is 124 cm³/mol. The van der Waals surface area contributed by atoms with E-state index in [2.05, 4.69) is 20.7 Å². The zero-order valence-electron chi connectivity index (χ0n) is 17.2. The molecule has 0 aliphatic heterocycles. The number of carbonyl (C=O) groups excluding carboxylic acids is 1. The molecule has 0 saturated heterocycles. The van der Waals surface area contributed by atoms with Gasteiger partial charge in [-0.15, -0.1) is 10.2 Å². The summed E-state index contributed by atoms with van der Waals surface area (Å²) in [6.07, 6.45) is 1.65. The number of hydrogen-bond acceptors (Lipinski definition) is 8. The Hall–Kier alpha value is -2.75. The van der Waals surface area contributed by atoms with Gasteiger partial charge in [0.05, 0.1) is 23.1 Å². The summed E-state index contributed by atoms with van der Waals surface area (Å²) < 4.78 is 16.6. The van der Waals surface area contributed by atoms with Crippen LogP contribution in [0.3, 0.4) is 0 Å². The van der Waals surface area contributed by atoms with Crippen LogP contribution in [-0.2, 0) is 11.4 Å². The third kappa shape index (κ3) is 7.74. The van der Waals surface area contributed by atoms with Crippen LogP contribution in [0.2, 0.25) is 10.0 Å². The van der Waals surface area contributed by atoms with Crippen molar-refractivity contribution in [3.8, 4) is 11.5 Å². The van der Waals surface area contributed by atoms with Gasteiger partial charge < -0.3 is 13.9 Å². The molecule has 0 unspecified atom stereocenters. The van der Waals surface area contributed by atoms with E-state index in [1.807, 2.05) is 38.1 Å². The number of halogens is 2. The van der Waals surface area contributed by atoms with Crippen LogP contribution in [0.4, 0.5) is 0 Å². The Morgan fingerprint density at radius 1 is 1.22 bits per heavy atom. The Morgan fingerprint density at radius 2 is 2.00 bits per heavy atom. The highest BCUT2D eigenvalue weighted by molar-refractivity contribution is 7.99. The summed E-state index contributed by atoms with van der Waals surface area (Å²) in [6, 6.07) is 12.3. The average Bonchev–Trinajstić information content (AvgIpc) is 3.20. The SMILES string of the molecule is CC(C)Oc1ccc(/C=N\NC(=O)CSc2nnc(COc3ccc(Cl)cc3Cl)o2)cc1. The number of amides is 1. The molecule has 1 amide bonds. The molecule has 8 nitrogen and oxygen atoms in total. The van der Waals surface area contributed by atoms with Crippen molar-refractivity contribution in [3.05, 3.63) is 64.0 Å². The quantitative estimate of drug-likeness (QED) is 0.241. The summed E-state index contributed by atoms with van der Waals surface area (Å²) >= 11 is 13.0. The maximum Gasteiger partial charge on any atom is 0.277 e. The van der Waals surface area contributed by atoms with E-state index < -0.39 is 0 Å². The summed E-state index contributed by atoms with van der Waals surface area (Å²) in [6.45, 7) is 3.96. The third-order valence-electron chi connectivity index (χ3n) is 3.67. The molecule has 3 rings (SSSR count). The van der Waals surface area contributed by atoms with Gasteiger partial charge in [-0.1, -0.05) is 35.0 Å². The van der Waals surface area contributed by atoms with Gasteiger partial charge in [-0.25, -0.2) is 5.43 Å². The van der Waals surface area contributed by atoms with Crippen molar-refractivity contribution in [1.82, 2.24) is 15.6 Å². The zero-order chi connectivity index (χ0) is 22.9. The lowest BCUT2D eigenvalue weighted by Crippen LogP contribution is -2.19. The number of benzene rings is 2. The molecule has 0 atom stereocenters. The molecular weight excluding hydrogens is 475 g/mol. The molecule has 0 aliphatic carbocycles. The zero-order valence-corrected chi connectivity index (χ0v) is 19.6. The number of thioether (sulfide) groups is 1. The number of rotatable bonds is 10. The average molecular weight is 495 g/mol. The molecule has 1 N–H and O–H groups in total. The Kier molecular flexibility index (Phi) is 8.78. The van der Waals surface area contributed by atoms with Crippen LogP contribution < -0.4 is 14.9 Å². The van der Waals surface area contributed by atoms with E-state index in [1.165, 1.54) is 0 Å². The second-order valence-electron chi connectivity index (χ2n) is 6.64. The van der Waals surface area contributed by atoms with Gasteiger partial charge in [0.1, 0.15) is 11.5 Å². The van der Waals surface area contributed by atoms with Crippen molar-refractivity contribution < 1.29 is 18.7 Å². The van der Waals surface area contributed by atoms with Crippen molar-refractivity contribution >= 4 is 47.1 Å². The monoisotopic (exact) mass is 494 g/mol. The van der Waals surface area contributed by atoms with Crippen molar-refractivity contribution in [2.45, 2.75) is 31.8 Å². The first-order valence-electron chi connectivity index (χ1n) is 9.50. The van der Waals surface area contributed by atoms with E-state index >= 15 is 0 Å². The Balaban J connectivity index is 1.40. The fraction of sp³-hybridized carbons (Fsp3) is 0.238. The molecule has 168 valence electrons. The summed E-state index contributed by atoms with van der Waals surface area (Å²) in [4.78, 5) is 12.0. The second kappa shape index (κ2) is 11.8. The van der Waals surface area contributed by atoms with Gasteiger partial charge in [-0.05, 0) is 61.9 Å². The molecule has 0 aliphatic rings. The fourth-order valence-electron chi connectivity index (χ4n) is 2.33. The van der Waals surface area contributed by atoms with Gasteiger partial charge in [-0.3, -0.25) is 4.79 Å². The lowest BCUT2D eigenvalue weighted by atomic mass is 10.2. The molecule has 3 aromatic rings. The summed E-state index contributed by atoms with van der Waals surface area (Å²) in [5.41, 5.74) is 3.28. The van der Waals surface area contributed by atoms with Crippen molar-refractivity contribution in [3.63, 3.8) is 0 Å². The number of ether oxygens (including phenoxy) is 2. The van der Waals surface area contributed by atoms with E-state index in [0.717, 1.165) is 23.1 Å². The molecule has 1 aromatic heterocycles. The van der Waals surface area contributed by atoms with Crippen LogP contribution in [0.25, 0.3) is 0 Å². The van der Waals surface area contributed by atoms with Crippen molar-refractivity contribution in [1.29, 1.82) is 0 Å². The molecule has 0 spiro atoms. The Morgan fingerprint density at radius 3 is 2.72 bits per heavy atom. The first-order valence-corrected chi connectivity index (χ1v) is 11.2. The Labute approximate surface area is 199 Å². The van der Waals surface area contributed by atoms with Gasteiger partial charge in [-0.2, -0.15) is 5.10 Å². The highest BCUT2D eigenvalue weighted by Gasteiger charge is 2.11. The number of nitrogens with one attached hydrogen (secondary N) is 1. The molecule has 32 heavy (non-hydrogen) atoms. The van der Waals surface area contributed by atoms with Gasteiger partial charge in [0.2, 0.25) is 0 Å². The summed E-state index contributed by atoms with van der Waals surface area (Å²) in [5.74, 6) is 1.22. The van der Waals surface area contributed by atoms with E-state index in [9.17, 15) is 4.79 Å². The third-order valence-corrected chi connectivity index (χ3v) is 5.02. The van der Waals surface area contributed by atoms with E-state index in [0.29, 0.717) is 15.8 Å². The molecule has 0 bridgehead atoms. The number of aromatic nitrogens is 2. The van der Waals surface area contributed by atoms with Gasteiger partial charge in [0, 0.05) is 5.02 Å². The minimum Gasteiger partial charge on any atom is -0.491 e. The van der Waals surface area contributed by atoms with E-state index in [1.54, 1.807) is 24.4 Å². The van der Waals surface area contributed by atoms with Crippen LogP contribution >= 0.6 is 35.0 Å². The lowest BCUT2D eigenvalue weighted by molar-refractivity contribution is -0.118. The minimum atomic E-state index is -0.310. The highest BCUT2D eigenvalue weighted by Crippen LogP contribution is 2.28. The second-order valence-corrected chi connectivity index (χ2v) is 8.41. The maximum atomic E-state index is 12.0. The minimum absolute atomic E-state index is 0.0341. The molecular formula is C21H20Cl2N4O4S. The molecule has 0 saturated carbocycles. The summed E-state index contributed by atoms with van der Waals surface area (Å²) in [7, 11) is 0. The largest absolute Gasteiger partial charge is 0.491 e. The molecule has 0 radical (unpaired) electrons. The van der Waals surface area contributed by atoms with Crippen LogP contribution in [-0.4, -0.2) is 34.2 Å². The smallest absolute Gasteiger partial charge is 0.277 e. The number of hydrazone groups is 1. The summed E-state index contributed by atoms with van der Waals surface area (Å²) in [5, 5.41) is 12.8. The van der Waals surface area contributed by atoms with Crippen LogP contribution in [0.1, 0.15) is 25.3 Å². The molecule has 0 fully saturated rings. The van der Waals surface area contributed by atoms with Gasteiger partial charge >= 0.3 is 0 Å². The normalized spacial score (nSPS) is 11.2. The van der Waals surface area contributed by atoms with Gasteiger partial charge in [0.25, 0.3) is 17.0 Å². The first-order chi connectivity index (χ1) is 15.4. The lowest BCUT2D eigenvalue weighted by Gasteiger charge is -2.09. The first kappa shape index (κ1) is 23.9. The molecule has 11 heteroatoms. The predicted octanol–water partition coefficient (Wildman–Crippen LogP) is 4.99. The molecule has 1 heterocycles. The van der Waals surface area contributed by atoms with Crippen molar-refractivity contribution in [2.24, 2.45) is 5.10 Å². The number of hydrogen-bond donors (Lipinski definition) is 1. The topological polar surface area (TPSA) is 98.8 Å². The Bertz CT molecular complexity index is 1070. The fourth-order valence-corrected chi connectivity index (χ4v) is 3.37.